The molecule has 2 aromatic rings. The van der Waals surface area contributed by atoms with E-state index in [1.807, 2.05) is 12.1 Å². The number of morpholine rings is 1. The molecule has 0 amide bonds. The van der Waals surface area contributed by atoms with Crippen LogP contribution in [0.4, 0.5) is 18.3 Å². The lowest BCUT2D eigenvalue weighted by Gasteiger charge is -2.26. The Kier molecular flexibility index (Phi) is 5.37. The summed E-state index contributed by atoms with van der Waals surface area (Å²) in [5, 5.41) is 3.21. The van der Waals surface area contributed by atoms with Crippen LogP contribution in [0.2, 0.25) is 0 Å². The summed E-state index contributed by atoms with van der Waals surface area (Å²) in [6.45, 7) is 4.76. The van der Waals surface area contributed by atoms with Gasteiger partial charge in [0.05, 0.1) is 19.4 Å². The molecule has 1 aromatic heterocycles. The van der Waals surface area contributed by atoms with Crippen molar-refractivity contribution in [3.63, 3.8) is 0 Å². The Bertz CT molecular complexity index is 651. The zero-order chi connectivity index (χ0) is 17.0. The predicted molar refractivity (Wildman–Crippen MR) is 87.0 cm³/mol. The molecule has 1 aromatic carbocycles. The second-order valence-corrected chi connectivity index (χ2v) is 6.62. The van der Waals surface area contributed by atoms with Crippen LogP contribution in [-0.2, 0) is 24.0 Å². The van der Waals surface area contributed by atoms with Crippen molar-refractivity contribution in [2.45, 2.75) is 19.3 Å². The van der Waals surface area contributed by atoms with Gasteiger partial charge in [-0.2, -0.15) is 13.2 Å². The number of ether oxygens (including phenoxy) is 1. The Morgan fingerprint density at radius 1 is 1.12 bits per heavy atom. The van der Waals surface area contributed by atoms with Crippen molar-refractivity contribution in [3.8, 4) is 0 Å². The number of halogens is 3. The number of hydrogen-bond acceptors (Lipinski definition) is 5. The number of alkyl halides is 3. The smallest absolute Gasteiger partial charge is 0.379 e. The molecule has 2 heterocycles. The minimum absolute atomic E-state index is 0.278. The number of anilines is 1. The van der Waals surface area contributed by atoms with Crippen LogP contribution in [0.3, 0.4) is 0 Å². The van der Waals surface area contributed by atoms with Gasteiger partial charge in [-0.15, -0.1) is 0 Å². The molecular formula is C16H18F3N3OS. The minimum Gasteiger partial charge on any atom is -0.379 e. The highest BCUT2D eigenvalue weighted by atomic mass is 32.1. The quantitative estimate of drug-likeness (QED) is 0.887. The van der Waals surface area contributed by atoms with E-state index in [0.717, 1.165) is 44.6 Å². The van der Waals surface area contributed by atoms with Crippen molar-refractivity contribution in [2.24, 2.45) is 0 Å². The first kappa shape index (κ1) is 17.2. The molecule has 0 radical (unpaired) electrons. The largest absolute Gasteiger partial charge is 0.427 e. The Hall–Kier alpha value is -1.64. The van der Waals surface area contributed by atoms with Gasteiger partial charge in [0, 0.05) is 26.2 Å². The molecule has 1 fully saturated rings. The molecule has 1 aliphatic rings. The number of nitrogens with one attached hydrogen (secondary N) is 1. The van der Waals surface area contributed by atoms with Crippen molar-refractivity contribution in [3.05, 3.63) is 46.5 Å². The van der Waals surface area contributed by atoms with Gasteiger partial charge in [0.1, 0.15) is 4.88 Å². The number of nitrogens with zero attached hydrogens (tertiary/aromatic N) is 2. The maximum absolute atomic E-state index is 12.5. The van der Waals surface area contributed by atoms with Gasteiger partial charge in [-0.25, -0.2) is 4.98 Å². The van der Waals surface area contributed by atoms with Crippen molar-refractivity contribution in [1.29, 1.82) is 0 Å². The van der Waals surface area contributed by atoms with Gasteiger partial charge >= 0.3 is 6.18 Å². The van der Waals surface area contributed by atoms with E-state index in [1.54, 1.807) is 0 Å². The summed E-state index contributed by atoms with van der Waals surface area (Å²) in [7, 11) is 0. The fourth-order valence-corrected chi connectivity index (χ4v) is 3.12. The summed E-state index contributed by atoms with van der Waals surface area (Å²) in [5.74, 6) is 0. The first-order valence-electron chi connectivity index (χ1n) is 7.65. The number of thiazole rings is 1. The van der Waals surface area contributed by atoms with Crippen LogP contribution in [0.15, 0.2) is 30.5 Å². The van der Waals surface area contributed by atoms with Gasteiger partial charge < -0.3 is 10.1 Å². The SMILES string of the molecule is FC(F)(F)c1cnc(NCc2ccc(CN3CCOCC3)cc2)s1. The lowest BCUT2D eigenvalue weighted by atomic mass is 10.1. The van der Waals surface area contributed by atoms with E-state index in [4.69, 9.17) is 4.74 Å². The normalized spacial score (nSPS) is 16.3. The van der Waals surface area contributed by atoms with Gasteiger partial charge in [-0.1, -0.05) is 35.6 Å². The standard InChI is InChI=1S/C16H18F3N3OS/c17-16(18,19)14-10-21-15(24-14)20-9-12-1-3-13(4-2-12)11-22-5-7-23-8-6-22/h1-4,10H,5-9,11H2,(H,20,21). The number of benzene rings is 1. The highest BCUT2D eigenvalue weighted by molar-refractivity contribution is 7.15. The monoisotopic (exact) mass is 357 g/mol. The topological polar surface area (TPSA) is 37.4 Å². The third-order valence-corrected chi connectivity index (χ3v) is 4.76. The second-order valence-electron chi connectivity index (χ2n) is 5.59. The average molecular weight is 357 g/mol. The van der Waals surface area contributed by atoms with Crippen molar-refractivity contribution in [2.75, 3.05) is 31.6 Å². The number of rotatable bonds is 5. The molecule has 8 heteroatoms. The Labute approximate surface area is 142 Å². The molecule has 1 aliphatic heterocycles. The molecule has 130 valence electrons. The molecule has 0 spiro atoms. The second kappa shape index (κ2) is 7.50. The third-order valence-electron chi connectivity index (χ3n) is 3.76. The van der Waals surface area contributed by atoms with Crippen LogP contribution in [-0.4, -0.2) is 36.2 Å². The van der Waals surface area contributed by atoms with E-state index in [2.05, 4.69) is 27.3 Å². The summed E-state index contributed by atoms with van der Waals surface area (Å²) in [4.78, 5) is 5.41. The molecule has 0 aliphatic carbocycles. The number of hydrogen-bond donors (Lipinski definition) is 1. The van der Waals surface area contributed by atoms with Crippen LogP contribution in [0, 0.1) is 0 Å². The Morgan fingerprint density at radius 3 is 2.42 bits per heavy atom. The highest BCUT2D eigenvalue weighted by Crippen LogP contribution is 2.35. The average Bonchev–Trinajstić information content (AvgIpc) is 3.05. The summed E-state index contributed by atoms with van der Waals surface area (Å²) in [5.41, 5.74) is 2.22. The zero-order valence-corrected chi connectivity index (χ0v) is 13.8. The van der Waals surface area contributed by atoms with Gasteiger partial charge in [-0.05, 0) is 11.1 Å². The van der Waals surface area contributed by atoms with Gasteiger partial charge in [-0.3, -0.25) is 4.90 Å². The van der Waals surface area contributed by atoms with Crippen molar-refractivity contribution >= 4 is 16.5 Å². The van der Waals surface area contributed by atoms with Crippen molar-refractivity contribution < 1.29 is 17.9 Å². The fourth-order valence-electron chi connectivity index (χ4n) is 2.44. The van der Waals surface area contributed by atoms with Crippen LogP contribution in [0.5, 0.6) is 0 Å². The molecule has 4 nitrogen and oxygen atoms in total. The first-order valence-corrected chi connectivity index (χ1v) is 8.47. The van der Waals surface area contributed by atoms with Crippen LogP contribution in [0.1, 0.15) is 16.0 Å². The molecule has 1 N–H and O–H groups in total. The summed E-state index contributed by atoms with van der Waals surface area (Å²) in [6, 6.07) is 8.08. The van der Waals surface area contributed by atoms with E-state index >= 15 is 0 Å². The minimum atomic E-state index is -4.33. The maximum atomic E-state index is 12.5. The van der Waals surface area contributed by atoms with Crippen LogP contribution >= 0.6 is 11.3 Å². The Morgan fingerprint density at radius 2 is 1.79 bits per heavy atom. The van der Waals surface area contributed by atoms with E-state index in [-0.39, 0.29) is 5.13 Å². The summed E-state index contributed by atoms with van der Waals surface area (Å²) >= 11 is 0.620. The fraction of sp³-hybridized carbons (Fsp3) is 0.438. The van der Waals surface area contributed by atoms with E-state index < -0.39 is 11.1 Å². The lowest BCUT2D eigenvalue weighted by molar-refractivity contribution is -0.134. The zero-order valence-electron chi connectivity index (χ0n) is 13.0. The molecule has 0 bridgehead atoms. The van der Waals surface area contributed by atoms with E-state index in [0.29, 0.717) is 17.9 Å². The first-order chi connectivity index (χ1) is 11.5. The Balaban J connectivity index is 1.51. The summed E-state index contributed by atoms with van der Waals surface area (Å²) < 4.78 is 42.9. The molecule has 0 atom stereocenters. The van der Waals surface area contributed by atoms with Gasteiger partial charge in [0.25, 0.3) is 0 Å². The van der Waals surface area contributed by atoms with Crippen LogP contribution in [0.25, 0.3) is 0 Å². The maximum Gasteiger partial charge on any atom is 0.427 e. The predicted octanol–water partition coefficient (Wildman–Crippen LogP) is 3.61. The lowest BCUT2D eigenvalue weighted by Crippen LogP contribution is -2.35. The molecule has 1 saturated heterocycles. The summed E-state index contributed by atoms with van der Waals surface area (Å²) in [6.07, 6.45) is -3.48. The van der Waals surface area contributed by atoms with Crippen molar-refractivity contribution in [1.82, 2.24) is 9.88 Å². The molecular weight excluding hydrogens is 339 g/mol. The highest BCUT2D eigenvalue weighted by Gasteiger charge is 2.33. The molecule has 0 unspecified atom stereocenters. The number of aromatic nitrogens is 1. The van der Waals surface area contributed by atoms with Gasteiger partial charge in [0.2, 0.25) is 0 Å². The molecule has 0 saturated carbocycles. The van der Waals surface area contributed by atoms with E-state index in [9.17, 15) is 13.2 Å². The third kappa shape index (κ3) is 4.68. The molecule has 24 heavy (non-hydrogen) atoms. The van der Waals surface area contributed by atoms with E-state index in [1.165, 1.54) is 5.56 Å². The van der Waals surface area contributed by atoms with Gasteiger partial charge in [0.15, 0.2) is 5.13 Å². The van der Waals surface area contributed by atoms with Crippen LogP contribution < -0.4 is 5.32 Å². The molecule has 3 rings (SSSR count).